The van der Waals surface area contributed by atoms with Gasteiger partial charge in [-0.25, -0.2) is 4.90 Å². The van der Waals surface area contributed by atoms with Gasteiger partial charge >= 0.3 is 0 Å². The largest absolute Gasteiger partial charge is 0.326 e. The van der Waals surface area contributed by atoms with Crippen LogP contribution in [0.4, 0.5) is 11.4 Å². The fourth-order valence-electron chi connectivity index (χ4n) is 3.46. The molecule has 4 rings (SSSR count). The Morgan fingerprint density at radius 2 is 1.68 bits per heavy atom. The number of para-hydroxylation sites is 1. The van der Waals surface area contributed by atoms with Crippen molar-refractivity contribution in [1.82, 2.24) is 0 Å². The van der Waals surface area contributed by atoms with E-state index in [0.717, 1.165) is 34.6 Å². The molecule has 144 valence electrons. The van der Waals surface area contributed by atoms with E-state index in [-0.39, 0.29) is 30.1 Å². The van der Waals surface area contributed by atoms with Crippen LogP contribution in [-0.4, -0.2) is 23.0 Å². The van der Waals surface area contributed by atoms with E-state index in [4.69, 9.17) is 0 Å². The Labute approximate surface area is 168 Å². The van der Waals surface area contributed by atoms with Crippen LogP contribution in [0.1, 0.15) is 30.4 Å². The molecule has 0 aromatic heterocycles. The van der Waals surface area contributed by atoms with Crippen LogP contribution in [0.25, 0.3) is 0 Å². The molecule has 1 saturated carbocycles. The molecule has 1 heterocycles. The van der Waals surface area contributed by atoms with Crippen molar-refractivity contribution in [2.24, 2.45) is 5.92 Å². The van der Waals surface area contributed by atoms with Crippen molar-refractivity contribution >= 4 is 40.9 Å². The van der Waals surface area contributed by atoms with Crippen molar-refractivity contribution in [3.8, 4) is 0 Å². The predicted molar refractivity (Wildman–Crippen MR) is 110 cm³/mol. The number of benzene rings is 2. The lowest BCUT2D eigenvalue weighted by Crippen LogP contribution is -2.32. The summed E-state index contributed by atoms with van der Waals surface area (Å²) in [6.45, 7) is 3.83. The van der Waals surface area contributed by atoms with Gasteiger partial charge in [0.15, 0.2) is 0 Å². The maximum absolute atomic E-state index is 12.9. The highest BCUT2D eigenvalue weighted by Gasteiger charge is 2.41. The van der Waals surface area contributed by atoms with E-state index in [9.17, 15) is 14.4 Å². The van der Waals surface area contributed by atoms with Crippen LogP contribution in [0.2, 0.25) is 0 Å². The molecule has 2 fully saturated rings. The first-order valence-electron chi connectivity index (χ1n) is 9.44. The molecule has 1 N–H and O–H groups in total. The molecule has 0 bridgehead atoms. The monoisotopic (exact) mass is 394 g/mol. The van der Waals surface area contributed by atoms with Crippen molar-refractivity contribution in [2.75, 3.05) is 10.2 Å². The van der Waals surface area contributed by atoms with Crippen molar-refractivity contribution < 1.29 is 14.4 Å². The van der Waals surface area contributed by atoms with Crippen LogP contribution < -0.4 is 10.2 Å². The van der Waals surface area contributed by atoms with E-state index in [1.54, 1.807) is 0 Å². The molecule has 2 aliphatic rings. The number of hydrogen-bond donors (Lipinski definition) is 1. The summed E-state index contributed by atoms with van der Waals surface area (Å²) in [6.07, 6.45) is 2.13. The summed E-state index contributed by atoms with van der Waals surface area (Å²) in [4.78, 5) is 39.6. The van der Waals surface area contributed by atoms with Gasteiger partial charge in [-0.1, -0.05) is 18.2 Å². The van der Waals surface area contributed by atoms with Gasteiger partial charge in [0.25, 0.3) is 0 Å². The van der Waals surface area contributed by atoms with Crippen LogP contribution in [-0.2, 0) is 14.4 Å². The molecule has 0 radical (unpaired) electrons. The summed E-state index contributed by atoms with van der Waals surface area (Å²) >= 11 is 1.39. The fraction of sp³-hybridized carbons (Fsp3) is 0.318. The van der Waals surface area contributed by atoms with Gasteiger partial charge in [0.1, 0.15) is 0 Å². The quantitative estimate of drug-likeness (QED) is 0.776. The molecule has 5 nitrogen and oxygen atoms in total. The van der Waals surface area contributed by atoms with Gasteiger partial charge in [0.2, 0.25) is 17.7 Å². The highest BCUT2D eigenvalue weighted by molar-refractivity contribution is 8.00. The van der Waals surface area contributed by atoms with Gasteiger partial charge in [-0.2, -0.15) is 0 Å². The molecule has 2 aromatic carbocycles. The topological polar surface area (TPSA) is 66.5 Å². The van der Waals surface area contributed by atoms with E-state index < -0.39 is 5.25 Å². The number of carbonyl (C=O) groups is 3. The number of rotatable bonds is 5. The average molecular weight is 394 g/mol. The predicted octanol–water partition coefficient (Wildman–Crippen LogP) is 4.08. The average Bonchev–Trinajstić information content (AvgIpc) is 3.47. The molecule has 1 aliphatic carbocycles. The van der Waals surface area contributed by atoms with E-state index in [2.05, 4.69) is 5.32 Å². The summed E-state index contributed by atoms with van der Waals surface area (Å²) in [5.41, 5.74) is 3.30. The van der Waals surface area contributed by atoms with E-state index in [1.165, 1.54) is 16.7 Å². The first-order valence-corrected chi connectivity index (χ1v) is 10.3. The lowest BCUT2D eigenvalue weighted by molar-refractivity contribution is -0.121. The Morgan fingerprint density at radius 3 is 2.29 bits per heavy atom. The smallest absolute Gasteiger partial charge is 0.247 e. The van der Waals surface area contributed by atoms with Gasteiger partial charge in [-0.3, -0.25) is 14.4 Å². The number of hydrogen-bond acceptors (Lipinski definition) is 4. The van der Waals surface area contributed by atoms with Gasteiger partial charge in [-0.15, -0.1) is 11.8 Å². The third kappa shape index (κ3) is 3.69. The molecular formula is C22H22N2O3S. The van der Waals surface area contributed by atoms with E-state index in [1.807, 2.05) is 56.3 Å². The summed E-state index contributed by atoms with van der Waals surface area (Å²) in [6, 6.07) is 13.2. The second-order valence-corrected chi connectivity index (χ2v) is 8.68. The highest BCUT2D eigenvalue weighted by atomic mass is 32.2. The lowest BCUT2D eigenvalue weighted by atomic mass is 10.1. The number of nitrogens with zero attached hydrogens (tertiary/aromatic N) is 1. The zero-order chi connectivity index (χ0) is 19.8. The molecule has 1 saturated heterocycles. The minimum absolute atomic E-state index is 0.0706. The number of aryl methyl sites for hydroxylation is 2. The summed E-state index contributed by atoms with van der Waals surface area (Å²) < 4.78 is 0. The molecule has 6 heteroatoms. The lowest BCUT2D eigenvalue weighted by Gasteiger charge is -2.19. The second kappa shape index (κ2) is 7.43. The van der Waals surface area contributed by atoms with Crippen LogP contribution in [0, 0.1) is 19.8 Å². The molecule has 3 amide bonds. The second-order valence-electron chi connectivity index (χ2n) is 7.41. The molecular weight excluding hydrogens is 372 g/mol. The molecule has 1 aliphatic heterocycles. The number of nitrogens with one attached hydrogen (secondary N) is 1. The SMILES string of the molecule is Cc1cccc(C)c1N1C(=O)CC(Sc2ccc(NC(=O)C3CC3)cc2)C1=O. The van der Waals surface area contributed by atoms with Crippen LogP contribution in [0.15, 0.2) is 47.4 Å². The first-order chi connectivity index (χ1) is 13.4. The van der Waals surface area contributed by atoms with Gasteiger partial charge in [0, 0.05) is 22.9 Å². The summed E-state index contributed by atoms with van der Waals surface area (Å²) in [7, 11) is 0. The van der Waals surface area contributed by atoms with Crippen molar-refractivity contribution in [3.05, 3.63) is 53.6 Å². The minimum atomic E-state index is -0.432. The van der Waals surface area contributed by atoms with Crippen LogP contribution in [0.5, 0.6) is 0 Å². The third-order valence-electron chi connectivity index (χ3n) is 5.12. The summed E-state index contributed by atoms with van der Waals surface area (Å²) in [5, 5.41) is 2.47. The number of carbonyl (C=O) groups excluding carboxylic acids is 3. The van der Waals surface area contributed by atoms with E-state index >= 15 is 0 Å². The highest BCUT2D eigenvalue weighted by Crippen LogP contribution is 2.37. The van der Waals surface area contributed by atoms with Crippen molar-refractivity contribution in [2.45, 2.75) is 43.3 Å². The third-order valence-corrected chi connectivity index (χ3v) is 6.31. The van der Waals surface area contributed by atoms with Crippen molar-refractivity contribution in [1.29, 1.82) is 0 Å². The number of anilines is 2. The number of thioether (sulfide) groups is 1. The van der Waals surface area contributed by atoms with Gasteiger partial charge < -0.3 is 5.32 Å². The normalized spacial score (nSPS) is 19.2. The zero-order valence-electron chi connectivity index (χ0n) is 15.9. The van der Waals surface area contributed by atoms with Gasteiger partial charge in [-0.05, 0) is 62.1 Å². The molecule has 28 heavy (non-hydrogen) atoms. The van der Waals surface area contributed by atoms with Crippen LogP contribution in [0.3, 0.4) is 0 Å². The molecule has 1 unspecified atom stereocenters. The maximum Gasteiger partial charge on any atom is 0.247 e. The van der Waals surface area contributed by atoms with Gasteiger partial charge in [0.05, 0.1) is 10.9 Å². The first kappa shape index (κ1) is 18.7. The number of imide groups is 1. The Bertz CT molecular complexity index is 931. The van der Waals surface area contributed by atoms with Crippen LogP contribution >= 0.6 is 11.8 Å². The molecule has 2 aromatic rings. The maximum atomic E-state index is 12.9. The summed E-state index contributed by atoms with van der Waals surface area (Å²) in [5.74, 6) is -0.0972. The van der Waals surface area contributed by atoms with Crippen molar-refractivity contribution in [3.63, 3.8) is 0 Å². The Kier molecular flexibility index (Phi) is 4.98. The Hall–Kier alpha value is -2.60. The molecule has 0 spiro atoms. The Balaban J connectivity index is 1.46. The standard InChI is InChI=1S/C22H22N2O3S/c1-13-4-3-5-14(2)20(13)24-19(25)12-18(22(24)27)28-17-10-8-16(9-11-17)23-21(26)15-6-7-15/h3-5,8-11,15,18H,6-7,12H2,1-2H3,(H,23,26). The molecule has 1 atom stereocenters. The number of amides is 3. The Morgan fingerprint density at radius 1 is 1.04 bits per heavy atom. The zero-order valence-corrected chi connectivity index (χ0v) is 16.7. The fourth-order valence-corrected chi connectivity index (χ4v) is 4.51. The minimum Gasteiger partial charge on any atom is -0.326 e. The van der Waals surface area contributed by atoms with E-state index in [0.29, 0.717) is 5.69 Å².